The standard InChI is InChI=1S/C16H16BrNO3/c1-10(2)12-5-4-11(3)16(8-12)21-15-7-6-13(17)9-14(15)18(19)20/h4-10H,1-3H3. The molecule has 0 aliphatic carbocycles. The Bertz CT molecular complexity index is 683. The topological polar surface area (TPSA) is 52.4 Å². The lowest BCUT2D eigenvalue weighted by molar-refractivity contribution is -0.385. The van der Waals surface area contributed by atoms with Gasteiger partial charge in [0.15, 0.2) is 0 Å². The predicted octanol–water partition coefficient (Wildman–Crippen LogP) is 5.58. The number of rotatable bonds is 4. The molecular weight excluding hydrogens is 334 g/mol. The number of halogens is 1. The van der Waals surface area contributed by atoms with E-state index in [-0.39, 0.29) is 11.4 Å². The van der Waals surface area contributed by atoms with Crippen LogP contribution in [0.25, 0.3) is 0 Å². The lowest BCUT2D eigenvalue weighted by Gasteiger charge is -2.12. The molecule has 0 N–H and O–H groups in total. The summed E-state index contributed by atoms with van der Waals surface area (Å²) in [6.45, 7) is 6.11. The van der Waals surface area contributed by atoms with Gasteiger partial charge in [-0.1, -0.05) is 41.9 Å². The molecule has 0 radical (unpaired) electrons. The molecule has 0 aromatic heterocycles. The molecule has 0 heterocycles. The third-order valence-corrected chi connectivity index (χ3v) is 3.71. The summed E-state index contributed by atoms with van der Waals surface area (Å²) in [6, 6.07) is 10.7. The number of nitro groups is 1. The minimum atomic E-state index is -0.443. The Morgan fingerprint density at radius 2 is 1.86 bits per heavy atom. The molecule has 21 heavy (non-hydrogen) atoms. The van der Waals surface area contributed by atoms with Gasteiger partial charge in [-0.25, -0.2) is 0 Å². The Morgan fingerprint density at radius 1 is 1.14 bits per heavy atom. The van der Waals surface area contributed by atoms with Gasteiger partial charge in [0.05, 0.1) is 4.92 Å². The molecule has 0 saturated carbocycles. The molecule has 2 aromatic rings. The molecular formula is C16H16BrNO3. The van der Waals surface area contributed by atoms with Crippen molar-refractivity contribution < 1.29 is 9.66 Å². The predicted molar refractivity (Wildman–Crippen MR) is 86.1 cm³/mol. The number of ether oxygens (including phenoxy) is 1. The van der Waals surface area contributed by atoms with E-state index in [4.69, 9.17) is 4.74 Å². The fourth-order valence-electron chi connectivity index (χ4n) is 1.92. The molecule has 0 saturated heterocycles. The first-order valence-electron chi connectivity index (χ1n) is 6.61. The van der Waals surface area contributed by atoms with Crippen LogP contribution in [0.5, 0.6) is 11.5 Å². The van der Waals surface area contributed by atoms with Crippen molar-refractivity contribution >= 4 is 21.6 Å². The Labute approximate surface area is 132 Å². The molecule has 0 unspecified atom stereocenters. The molecule has 0 aliphatic rings. The fraction of sp³-hybridized carbons (Fsp3) is 0.250. The van der Waals surface area contributed by atoms with Crippen LogP contribution in [0.3, 0.4) is 0 Å². The van der Waals surface area contributed by atoms with Crippen molar-refractivity contribution in [1.29, 1.82) is 0 Å². The van der Waals surface area contributed by atoms with Gasteiger partial charge < -0.3 is 4.74 Å². The third kappa shape index (κ3) is 3.61. The van der Waals surface area contributed by atoms with Gasteiger partial charge >= 0.3 is 5.69 Å². The largest absolute Gasteiger partial charge is 0.450 e. The number of nitro benzene ring substituents is 1. The number of hydrogen-bond acceptors (Lipinski definition) is 3. The van der Waals surface area contributed by atoms with Crippen molar-refractivity contribution in [3.05, 3.63) is 62.1 Å². The molecule has 4 nitrogen and oxygen atoms in total. The van der Waals surface area contributed by atoms with Gasteiger partial charge in [0.2, 0.25) is 5.75 Å². The van der Waals surface area contributed by atoms with Crippen LogP contribution >= 0.6 is 15.9 Å². The van der Waals surface area contributed by atoms with Crippen molar-refractivity contribution in [3.8, 4) is 11.5 Å². The zero-order valence-electron chi connectivity index (χ0n) is 12.1. The Balaban J connectivity index is 2.43. The smallest absolute Gasteiger partial charge is 0.312 e. The van der Waals surface area contributed by atoms with Crippen LogP contribution in [0.2, 0.25) is 0 Å². The monoisotopic (exact) mass is 349 g/mol. The van der Waals surface area contributed by atoms with Crippen LogP contribution < -0.4 is 4.74 Å². The van der Waals surface area contributed by atoms with Crippen molar-refractivity contribution in [1.82, 2.24) is 0 Å². The highest BCUT2D eigenvalue weighted by Crippen LogP contribution is 2.35. The Kier molecular flexibility index (Phi) is 4.63. The van der Waals surface area contributed by atoms with Gasteiger partial charge in [0.1, 0.15) is 5.75 Å². The van der Waals surface area contributed by atoms with Crippen LogP contribution in [0, 0.1) is 17.0 Å². The van der Waals surface area contributed by atoms with Gasteiger partial charge in [-0.3, -0.25) is 10.1 Å². The number of hydrogen-bond donors (Lipinski definition) is 0. The van der Waals surface area contributed by atoms with Crippen LogP contribution in [0.15, 0.2) is 40.9 Å². The summed E-state index contributed by atoms with van der Waals surface area (Å²) in [5.41, 5.74) is 2.02. The zero-order chi connectivity index (χ0) is 15.6. The van der Waals surface area contributed by atoms with E-state index in [0.29, 0.717) is 16.1 Å². The van der Waals surface area contributed by atoms with Gasteiger partial charge in [-0.05, 0) is 42.2 Å². The van der Waals surface area contributed by atoms with E-state index in [1.165, 1.54) is 6.07 Å². The van der Waals surface area contributed by atoms with Crippen molar-refractivity contribution in [2.75, 3.05) is 0 Å². The number of aryl methyl sites for hydroxylation is 1. The van der Waals surface area contributed by atoms with E-state index in [1.54, 1.807) is 12.1 Å². The first-order valence-corrected chi connectivity index (χ1v) is 7.40. The van der Waals surface area contributed by atoms with Crippen molar-refractivity contribution in [2.45, 2.75) is 26.7 Å². The van der Waals surface area contributed by atoms with Gasteiger partial charge in [0, 0.05) is 10.5 Å². The molecule has 0 spiro atoms. The van der Waals surface area contributed by atoms with Crippen LogP contribution in [-0.4, -0.2) is 4.92 Å². The van der Waals surface area contributed by atoms with E-state index in [9.17, 15) is 10.1 Å². The quantitative estimate of drug-likeness (QED) is 0.534. The van der Waals surface area contributed by atoms with E-state index >= 15 is 0 Å². The molecule has 0 atom stereocenters. The second-order valence-electron chi connectivity index (χ2n) is 5.15. The summed E-state index contributed by atoms with van der Waals surface area (Å²) in [7, 11) is 0. The molecule has 0 amide bonds. The second kappa shape index (κ2) is 6.26. The van der Waals surface area contributed by atoms with Crippen molar-refractivity contribution in [3.63, 3.8) is 0 Å². The average molecular weight is 350 g/mol. The van der Waals surface area contributed by atoms with Crippen LogP contribution in [-0.2, 0) is 0 Å². The van der Waals surface area contributed by atoms with Crippen molar-refractivity contribution in [2.24, 2.45) is 0 Å². The van der Waals surface area contributed by atoms with Gasteiger partial charge in [-0.2, -0.15) is 0 Å². The molecule has 0 aliphatic heterocycles. The van der Waals surface area contributed by atoms with Gasteiger partial charge in [-0.15, -0.1) is 0 Å². The lowest BCUT2D eigenvalue weighted by atomic mass is 10.0. The molecule has 5 heteroatoms. The molecule has 110 valence electrons. The van der Waals surface area contributed by atoms with Crippen LogP contribution in [0.1, 0.15) is 30.9 Å². The second-order valence-corrected chi connectivity index (χ2v) is 6.07. The summed E-state index contributed by atoms with van der Waals surface area (Å²) in [5, 5.41) is 11.1. The van der Waals surface area contributed by atoms with E-state index < -0.39 is 4.92 Å². The van der Waals surface area contributed by atoms with E-state index in [2.05, 4.69) is 29.8 Å². The lowest BCUT2D eigenvalue weighted by Crippen LogP contribution is -1.96. The third-order valence-electron chi connectivity index (χ3n) is 3.22. The Morgan fingerprint density at radius 3 is 2.48 bits per heavy atom. The van der Waals surface area contributed by atoms with Gasteiger partial charge in [0.25, 0.3) is 0 Å². The summed E-state index contributed by atoms with van der Waals surface area (Å²) in [6.07, 6.45) is 0. The summed E-state index contributed by atoms with van der Waals surface area (Å²) >= 11 is 3.24. The Hall–Kier alpha value is -1.88. The fourth-order valence-corrected chi connectivity index (χ4v) is 2.27. The first kappa shape index (κ1) is 15.5. The molecule has 2 rings (SSSR count). The summed E-state index contributed by atoms with van der Waals surface area (Å²) < 4.78 is 6.43. The SMILES string of the molecule is Cc1ccc(C(C)C)cc1Oc1ccc(Br)cc1[N+](=O)[O-]. The average Bonchev–Trinajstić information content (AvgIpc) is 2.42. The van der Waals surface area contributed by atoms with E-state index in [1.807, 2.05) is 25.1 Å². The minimum absolute atomic E-state index is 0.0567. The summed E-state index contributed by atoms with van der Waals surface area (Å²) in [4.78, 5) is 10.7. The minimum Gasteiger partial charge on any atom is -0.450 e. The maximum Gasteiger partial charge on any atom is 0.312 e. The molecule has 0 bridgehead atoms. The zero-order valence-corrected chi connectivity index (χ0v) is 13.7. The maximum atomic E-state index is 11.1. The number of nitrogens with zero attached hydrogens (tertiary/aromatic N) is 1. The normalized spacial score (nSPS) is 10.7. The number of benzene rings is 2. The highest BCUT2D eigenvalue weighted by Gasteiger charge is 2.17. The first-order chi connectivity index (χ1) is 9.88. The maximum absolute atomic E-state index is 11.1. The molecule has 0 fully saturated rings. The summed E-state index contributed by atoms with van der Waals surface area (Å²) in [5.74, 6) is 1.26. The van der Waals surface area contributed by atoms with Crippen LogP contribution in [0.4, 0.5) is 5.69 Å². The van der Waals surface area contributed by atoms with E-state index in [0.717, 1.165) is 11.1 Å². The molecule has 2 aromatic carbocycles. The highest BCUT2D eigenvalue weighted by molar-refractivity contribution is 9.10. The highest BCUT2D eigenvalue weighted by atomic mass is 79.9.